The van der Waals surface area contributed by atoms with Gasteiger partial charge in [0, 0.05) is 25.6 Å². The number of hydrogen-bond acceptors (Lipinski definition) is 4. The van der Waals surface area contributed by atoms with Crippen molar-refractivity contribution in [2.45, 2.75) is 38.6 Å². The average molecular weight is 291 g/mol. The van der Waals surface area contributed by atoms with Crippen LogP contribution in [-0.2, 0) is 14.8 Å². The first-order chi connectivity index (χ1) is 8.86. The van der Waals surface area contributed by atoms with Crippen molar-refractivity contribution in [3.8, 4) is 0 Å². The summed E-state index contributed by atoms with van der Waals surface area (Å²) < 4.78 is 24.2. The van der Waals surface area contributed by atoms with Gasteiger partial charge in [0.25, 0.3) is 0 Å². The predicted molar refractivity (Wildman–Crippen MR) is 75.0 cm³/mol. The highest BCUT2D eigenvalue weighted by Crippen LogP contribution is 2.14. The Morgan fingerprint density at radius 1 is 1.42 bits per heavy atom. The molecule has 1 heterocycles. The van der Waals surface area contributed by atoms with Gasteiger partial charge in [-0.2, -0.15) is 0 Å². The summed E-state index contributed by atoms with van der Waals surface area (Å²) >= 11 is 0. The molecule has 19 heavy (non-hydrogen) atoms. The van der Waals surface area contributed by atoms with Crippen LogP contribution in [0.2, 0.25) is 0 Å². The molecule has 0 aliphatic carbocycles. The van der Waals surface area contributed by atoms with E-state index in [4.69, 9.17) is 5.73 Å². The highest BCUT2D eigenvalue weighted by molar-refractivity contribution is 7.88. The Kier molecular flexibility index (Phi) is 6.22. The maximum absolute atomic E-state index is 11.8. The van der Waals surface area contributed by atoms with Crippen molar-refractivity contribution in [1.29, 1.82) is 0 Å². The smallest absolute Gasteiger partial charge is 0.220 e. The van der Waals surface area contributed by atoms with Gasteiger partial charge in [-0.1, -0.05) is 13.3 Å². The summed E-state index contributed by atoms with van der Waals surface area (Å²) in [6.45, 7) is 3.52. The van der Waals surface area contributed by atoms with Crippen LogP contribution >= 0.6 is 0 Å². The van der Waals surface area contributed by atoms with Crippen molar-refractivity contribution in [2.24, 2.45) is 11.7 Å². The number of sulfonamides is 1. The van der Waals surface area contributed by atoms with Gasteiger partial charge in [-0.05, 0) is 25.3 Å². The van der Waals surface area contributed by atoms with E-state index in [1.54, 1.807) is 0 Å². The summed E-state index contributed by atoms with van der Waals surface area (Å²) in [7, 11) is -3.10. The Morgan fingerprint density at radius 3 is 2.42 bits per heavy atom. The molecule has 1 fully saturated rings. The third-order valence-corrected chi connectivity index (χ3v) is 4.98. The zero-order valence-electron chi connectivity index (χ0n) is 11.8. The van der Waals surface area contributed by atoms with E-state index in [0.29, 0.717) is 38.9 Å². The number of hydrogen-bond donors (Lipinski definition) is 2. The maximum atomic E-state index is 11.8. The minimum atomic E-state index is -3.10. The van der Waals surface area contributed by atoms with E-state index in [0.717, 1.165) is 6.42 Å². The highest BCUT2D eigenvalue weighted by Gasteiger charge is 2.25. The van der Waals surface area contributed by atoms with Crippen molar-refractivity contribution in [1.82, 2.24) is 9.62 Å². The third-order valence-electron chi connectivity index (χ3n) is 3.67. The lowest BCUT2D eigenvalue weighted by Crippen LogP contribution is -2.46. The molecule has 0 aromatic heterocycles. The van der Waals surface area contributed by atoms with Crippen LogP contribution in [0, 0.1) is 5.92 Å². The van der Waals surface area contributed by atoms with Crippen molar-refractivity contribution in [3.63, 3.8) is 0 Å². The maximum Gasteiger partial charge on any atom is 0.220 e. The lowest BCUT2D eigenvalue weighted by Gasteiger charge is -2.30. The molecule has 1 amide bonds. The summed E-state index contributed by atoms with van der Waals surface area (Å²) in [5.74, 6) is 0.256. The van der Waals surface area contributed by atoms with E-state index in [2.05, 4.69) is 5.32 Å². The van der Waals surface area contributed by atoms with E-state index in [9.17, 15) is 13.2 Å². The van der Waals surface area contributed by atoms with E-state index in [1.165, 1.54) is 10.6 Å². The molecular formula is C12H25N3O3S. The summed E-state index contributed by atoms with van der Waals surface area (Å²) in [5.41, 5.74) is 5.58. The number of rotatable bonds is 6. The van der Waals surface area contributed by atoms with Gasteiger partial charge in [-0.25, -0.2) is 12.7 Å². The zero-order chi connectivity index (χ0) is 14.5. The number of nitrogens with one attached hydrogen (secondary N) is 1. The molecule has 0 spiro atoms. The average Bonchev–Trinajstić information content (AvgIpc) is 2.35. The van der Waals surface area contributed by atoms with Gasteiger partial charge in [-0.3, -0.25) is 4.79 Å². The Labute approximate surface area is 115 Å². The van der Waals surface area contributed by atoms with E-state index >= 15 is 0 Å². The molecule has 1 unspecified atom stereocenters. The summed E-state index contributed by atoms with van der Waals surface area (Å²) in [6.07, 6.45) is 3.94. The quantitative estimate of drug-likeness (QED) is 0.715. The van der Waals surface area contributed by atoms with Crippen LogP contribution in [0.1, 0.15) is 32.6 Å². The van der Waals surface area contributed by atoms with Crippen LogP contribution in [-0.4, -0.2) is 50.6 Å². The second-order valence-corrected chi connectivity index (χ2v) is 7.20. The molecule has 112 valence electrons. The van der Waals surface area contributed by atoms with Gasteiger partial charge in [-0.15, -0.1) is 0 Å². The number of carbonyl (C=O) groups excluding carboxylic acids is 1. The normalized spacial score (nSPS) is 20.2. The number of nitrogens with two attached hydrogens (primary N) is 1. The largest absolute Gasteiger partial charge is 0.353 e. The molecule has 0 bridgehead atoms. The predicted octanol–water partition coefficient (Wildman–Crippen LogP) is -0.0984. The summed E-state index contributed by atoms with van der Waals surface area (Å²) in [6, 6.07) is 0.0841. The van der Waals surface area contributed by atoms with Gasteiger partial charge < -0.3 is 11.1 Å². The van der Waals surface area contributed by atoms with Crippen LogP contribution in [0.5, 0.6) is 0 Å². The zero-order valence-corrected chi connectivity index (χ0v) is 12.6. The fraction of sp³-hybridized carbons (Fsp3) is 0.917. The minimum absolute atomic E-state index is 0.0232. The number of piperidine rings is 1. The molecule has 1 rings (SSSR count). The molecular weight excluding hydrogens is 266 g/mol. The fourth-order valence-electron chi connectivity index (χ4n) is 2.27. The van der Waals surface area contributed by atoms with Crippen molar-refractivity contribution >= 4 is 15.9 Å². The second kappa shape index (κ2) is 7.21. The van der Waals surface area contributed by atoms with Crippen LogP contribution in [0.3, 0.4) is 0 Å². The molecule has 1 aliphatic heterocycles. The molecule has 0 saturated carbocycles. The SMILES string of the molecule is CCC(CN)CC(=O)NC1CCN(S(C)(=O)=O)CC1. The van der Waals surface area contributed by atoms with Crippen LogP contribution in [0.15, 0.2) is 0 Å². The first kappa shape index (κ1) is 16.4. The number of nitrogens with zero attached hydrogens (tertiary/aromatic N) is 1. The number of carbonyl (C=O) groups is 1. The molecule has 1 aliphatic rings. The monoisotopic (exact) mass is 291 g/mol. The molecule has 0 radical (unpaired) electrons. The van der Waals surface area contributed by atoms with Crippen molar-refractivity contribution in [2.75, 3.05) is 25.9 Å². The van der Waals surface area contributed by atoms with E-state index < -0.39 is 10.0 Å². The van der Waals surface area contributed by atoms with Crippen LogP contribution in [0.25, 0.3) is 0 Å². The van der Waals surface area contributed by atoms with Crippen LogP contribution < -0.4 is 11.1 Å². The van der Waals surface area contributed by atoms with Gasteiger partial charge in [0.2, 0.25) is 15.9 Å². The van der Waals surface area contributed by atoms with Crippen molar-refractivity contribution < 1.29 is 13.2 Å². The summed E-state index contributed by atoms with van der Waals surface area (Å²) in [4.78, 5) is 11.8. The number of amides is 1. The fourth-order valence-corrected chi connectivity index (χ4v) is 3.15. The third kappa shape index (κ3) is 5.46. The molecule has 0 aromatic carbocycles. The molecule has 0 aromatic rings. The lowest BCUT2D eigenvalue weighted by molar-refractivity contribution is -0.122. The molecule has 1 atom stereocenters. The standard InChI is InChI=1S/C12H25N3O3S/c1-3-10(9-13)8-12(16)14-11-4-6-15(7-5-11)19(2,17)18/h10-11H,3-9,13H2,1-2H3,(H,14,16). The Balaban J connectivity index is 2.35. The van der Waals surface area contributed by atoms with E-state index in [-0.39, 0.29) is 17.9 Å². The minimum Gasteiger partial charge on any atom is -0.353 e. The topological polar surface area (TPSA) is 92.5 Å². The molecule has 1 saturated heterocycles. The first-order valence-corrected chi connectivity index (χ1v) is 8.66. The Hall–Kier alpha value is -0.660. The summed E-state index contributed by atoms with van der Waals surface area (Å²) in [5, 5.41) is 2.97. The van der Waals surface area contributed by atoms with Gasteiger partial charge >= 0.3 is 0 Å². The Bertz CT molecular complexity index is 385. The van der Waals surface area contributed by atoms with Crippen LogP contribution in [0.4, 0.5) is 0 Å². The highest BCUT2D eigenvalue weighted by atomic mass is 32.2. The first-order valence-electron chi connectivity index (χ1n) is 6.81. The van der Waals surface area contributed by atoms with E-state index in [1.807, 2.05) is 6.92 Å². The molecule has 6 nitrogen and oxygen atoms in total. The van der Waals surface area contributed by atoms with Gasteiger partial charge in [0.15, 0.2) is 0 Å². The van der Waals surface area contributed by atoms with Gasteiger partial charge in [0.05, 0.1) is 6.26 Å². The molecule has 7 heteroatoms. The second-order valence-electron chi connectivity index (χ2n) is 5.22. The molecule has 3 N–H and O–H groups in total. The Morgan fingerprint density at radius 2 is 2.00 bits per heavy atom. The van der Waals surface area contributed by atoms with Crippen molar-refractivity contribution in [3.05, 3.63) is 0 Å². The van der Waals surface area contributed by atoms with Gasteiger partial charge in [0.1, 0.15) is 0 Å². The lowest BCUT2D eigenvalue weighted by atomic mass is 10.0.